The van der Waals surface area contributed by atoms with Gasteiger partial charge in [0.2, 0.25) is 16.6 Å². The molecule has 2 aromatic carbocycles. The van der Waals surface area contributed by atoms with Crippen LogP contribution in [0.1, 0.15) is 0 Å². The highest BCUT2D eigenvalue weighted by atomic mass is 28.5. The molecular formula is C22H40O6Si5. The number of hydrogen-bond acceptors (Lipinski definition) is 6. The summed E-state index contributed by atoms with van der Waals surface area (Å²) in [5, 5.41) is 21.5. The first-order valence-corrected chi connectivity index (χ1v) is 25.5. The van der Waals surface area contributed by atoms with E-state index in [1.54, 1.807) is 24.3 Å². The summed E-state index contributed by atoms with van der Waals surface area (Å²) in [5.74, 6) is 0.508. The molecule has 0 amide bonds. The molecule has 184 valence electrons. The Balaban J connectivity index is 2.09. The molecule has 0 unspecified atom stereocenters. The van der Waals surface area contributed by atoms with Gasteiger partial charge in [-0.05, 0) is 100 Å². The predicted octanol–water partition coefficient (Wildman–Crippen LogP) is 4.79. The highest BCUT2D eigenvalue weighted by Gasteiger charge is 2.46. The second kappa shape index (κ2) is 9.91. The van der Waals surface area contributed by atoms with Crippen molar-refractivity contribution in [1.29, 1.82) is 0 Å². The largest absolute Gasteiger partial charge is 0.508 e. The smallest absolute Gasteiger partial charge is 0.314 e. The van der Waals surface area contributed by atoms with E-state index in [-0.39, 0.29) is 11.5 Å². The van der Waals surface area contributed by atoms with Crippen molar-refractivity contribution in [2.24, 2.45) is 0 Å². The zero-order valence-electron chi connectivity index (χ0n) is 21.6. The SMILES string of the molecule is C[Si](C)(O[Si](C)(C)O[Si](C)(C)c1ccc(O)cc1)O[Si](C)(C)O[Si](C)(C)c1ccc(O)cc1. The lowest BCUT2D eigenvalue weighted by Gasteiger charge is -2.42. The lowest BCUT2D eigenvalue weighted by molar-refractivity contribution is 0.301. The summed E-state index contributed by atoms with van der Waals surface area (Å²) in [5.41, 5.74) is 0. The molecule has 0 heterocycles. The van der Waals surface area contributed by atoms with E-state index in [2.05, 4.69) is 65.5 Å². The van der Waals surface area contributed by atoms with Crippen molar-refractivity contribution in [3.63, 3.8) is 0 Å². The van der Waals surface area contributed by atoms with Gasteiger partial charge in [-0.25, -0.2) is 0 Å². The summed E-state index contributed by atoms with van der Waals surface area (Å²) in [4.78, 5) is 0. The van der Waals surface area contributed by atoms with Crippen molar-refractivity contribution in [3.05, 3.63) is 48.5 Å². The third-order valence-corrected chi connectivity index (χ3v) is 24.4. The first-order chi connectivity index (χ1) is 14.8. The standard InChI is InChI=1S/C22H40O6Si5/c1-29(2,21-15-11-19(23)12-16-21)25-31(5,6)27-33(9,10)28-32(7,8)26-30(3,4)22-17-13-20(24)14-18-22/h11-18,23-24H,1-10H3. The molecular weight excluding hydrogens is 501 g/mol. The van der Waals surface area contributed by atoms with Crippen LogP contribution in [-0.4, -0.2) is 52.5 Å². The Morgan fingerprint density at radius 3 is 0.939 bits per heavy atom. The average molecular weight is 541 g/mol. The minimum Gasteiger partial charge on any atom is -0.508 e. The van der Waals surface area contributed by atoms with Crippen molar-refractivity contribution in [3.8, 4) is 11.5 Å². The quantitative estimate of drug-likeness (QED) is 0.422. The second-order valence-corrected chi connectivity index (χ2v) is 29.6. The molecule has 2 N–H and O–H groups in total. The van der Waals surface area contributed by atoms with Crippen molar-refractivity contribution in [2.75, 3.05) is 0 Å². The summed E-state index contributed by atoms with van der Waals surface area (Å²) in [7, 11) is -12.0. The van der Waals surface area contributed by atoms with Gasteiger partial charge in [0.05, 0.1) is 0 Å². The van der Waals surface area contributed by atoms with Gasteiger partial charge in [-0.1, -0.05) is 24.3 Å². The van der Waals surface area contributed by atoms with Crippen LogP contribution in [0.25, 0.3) is 0 Å². The fraction of sp³-hybridized carbons (Fsp3) is 0.455. The molecule has 0 saturated heterocycles. The summed E-state index contributed by atoms with van der Waals surface area (Å²) < 4.78 is 26.6. The number of aromatic hydroxyl groups is 2. The molecule has 0 atom stereocenters. The fourth-order valence-corrected chi connectivity index (χ4v) is 28.1. The Labute approximate surface area is 204 Å². The number of phenolic OH excluding ortho intramolecular Hbond substituents is 2. The van der Waals surface area contributed by atoms with E-state index in [4.69, 9.17) is 16.5 Å². The van der Waals surface area contributed by atoms with Crippen LogP contribution < -0.4 is 10.4 Å². The van der Waals surface area contributed by atoms with Crippen LogP contribution in [-0.2, 0) is 16.5 Å². The Morgan fingerprint density at radius 2 is 0.667 bits per heavy atom. The molecule has 0 bridgehead atoms. The summed E-state index contributed by atoms with van der Waals surface area (Å²) in [6.07, 6.45) is 0. The number of hydrogen-bond donors (Lipinski definition) is 2. The van der Waals surface area contributed by atoms with E-state index in [1.165, 1.54) is 0 Å². The van der Waals surface area contributed by atoms with Crippen molar-refractivity contribution < 1.29 is 26.7 Å². The van der Waals surface area contributed by atoms with E-state index in [0.29, 0.717) is 0 Å². The lowest BCUT2D eigenvalue weighted by atomic mass is 10.3. The Hall–Kier alpha value is -1.04. The van der Waals surface area contributed by atoms with Gasteiger partial charge in [-0.3, -0.25) is 0 Å². The summed E-state index contributed by atoms with van der Waals surface area (Å²) >= 11 is 0. The summed E-state index contributed by atoms with van der Waals surface area (Å²) in [6.45, 7) is 21.0. The van der Waals surface area contributed by atoms with E-state index in [1.807, 2.05) is 24.3 Å². The van der Waals surface area contributed by atoms with Crippen molar-refractivity contribution in [2.45, 2.75) is 65.5 Å². The third-order valence-electron chi connectivity index (χ3n) is 5.11. The van der Waals surface area contributed by atoms with Gasteiger partial charge in [0.15, 0.2) is 0 Å². The predicted molar refractivity (Wildman–Crippen MR) is 147 cm³/mol. The summed E-state index contributed by atoms with van der Waals surface area (Å²) in [6, 6.07) is 14.6. The Morgan fingerprint density at radius 1 is 0.424 bits per heavy atom. The zero-order chi connectivity index (χ0) is 25.3. The topological polar surface area (TPSA) is 77.4 Å². The van der Waals surface area contributed by atoms with E-state index >= 15 is 0 Å². The maximum atomic E-state index is 9.61. The van der Waals surface area contributed by atoms with E-state index < -0.39 is 42.3 Å². The molecule has 0 aliphatic rings. The molecule has 0 spiro atoms. The Bertz CT molecular complexity index is 852. The van der Waals surface area contributed by atoms with Gasteiger partial charge in [0.1, 0.15) is 11.5 Å². The van der Waals surface area contributed by atoms with Crippen LogP contribution in [0.5, 0.6) is 11.5 Å². The first-order valence-electron chi connectivity index (χ1n) is 11.2. The normalized spacial score (nSPS) is 13.9. The van der Waals surface area contributed by atoms with E-state index in [0.717, 1.165) is 10.4 Å². The minimum absolute atomic E-state index is 0.254. The first kappa shape index (κ1) is 28.2. The fourth-order valence-electron chi connectivity index (χ4n) is 4.32. The molecule has 0 aliphatic carbocycles. The van der Waals surface area contributed by atoms with Crippen LogP contribution in [0.2, 0.25) is 65.5 Å². The molecule has 6 nitrogen and oxygen atoms in total. The van der Waals surface area contributed by atoms with Gasteiger partial charge in [-0.2, -0.15) is 0 Å². The van der Waals surface area contributed by atoms with Crippen LogP contribution in [0, 0.1) is 0 Å². The van der Waals surface area contributed by atoms with Gasteiger partial charge >= 0.3 is 25.7 Å². The monoisotopic (exact) mass is 540 g/mol. The maximum absolute atomic E-state index is 9.61. The van der Waals surface area contributed by atoms with Crippen LogP contribution in [0.3, 0.4) is 0 Å². The van der Waals surface area contributed by atoms with Gasteiger partial charge in [0, 0.05) is 0 Å². The Kier molecular flexibility index (Phi) is 8.47. The average Bonchev–Trinajstić information content (AvgIpc) is 2.58. The highest BCUT2D eigenvalue weighted by molar-refractivity contribution is 6.95. The van der Waals surface area contributed by atoms with Crippen LogP contribution in [0.4, 0.5) is 0 Å². The number of benzene rings is 2. The zero-order valence-corrected chi connectivity index (χ0v) is 26.6. The van der Waals surface area contributed by atoms with Gasteiger partial charge < -0.3 is 26.7 Å². The second-order valence-electron chi connectivity index (χ2n) is 10.7. The van der Waals surface area contributed by atoms with Crippen LogP contribution in [0.15, 0.2) is 48.5 Å². The minimum atomic E-state index is -2.56. The molecule has 2 rings (SSSR count). The lowest BCUT2D eigenvalue weighted by Crippen LogP contribution is -2.61. The highest BCUT2D eigenvalue weighted by Crippen LogP contribution is 2.26. The van der Waals surface area contributed by atoms with Crippen LogP contribution >= 0.6 is 0 Å². The van der Waals surface area contributed by atoms with Crippen molar-refractivity contribution in [1.82, 2.24) is 0 Å². The molecule has 0 radical (unpaired) electrons. The number of rotatable bonds is 10. The van der Waals surface area contributed by atoms with Gasteiger partial charge in [0.25, 0.3) is 0 Å². The van der Waals surface area contributed by atoms with Gasteiger partial charge in [-0.15, -0.1) is 0 Å². The number of phenols is 2. The third kappa shape index (κ3) is 8.60. The molecule has 11 heteroatoms. The van der Waals surface area contributed by atoms with E-state index in [9.17, 15) is 10.2 Å². The van der Waals surface area contributed by atoms with Crippen molar-refractivity contribution >= 4 is 52.7 Å². The molecule has 0 aliphatic heterocycles. The molecule has 0 saturated carbocycles. The molecule has 2 aromatic rings. The molecule has 0 aromatic heterocycles. The molecule has 33 heavy (non-hydrogen) atoms. The maximum Gasteiger partial charge on any atom is 0.314 e. The molecule has 0 fully saturated rings.